The van der Waals surface area contributed by atoms with E-state index in [0.717, 1.165) is 11.1 Å². The Bertz CT molecular complexity index is 1190. The number of carboxylic acid groups (broad SMARTS) is 1. The molecule has 0 aliphatic heterocycles. The average Bonchev–Trinajstić information content (AvgIpc) is 3.00. The number of hydrogen-bond acceptors (Lipinski definition) is 4. The standard InChI is InChI=1S/C22H25ClN4O4/c1-4-31-19-10-9-17(11-18(19)23)24-21-25-27(12-15(3)20(28)29)22(30)26(21)13-16-7-5-14(2)6-8-16/h5-11,15H,4,12-13H2,1-3H3,(H,24,25)(H,28,29)/t15-/m0/s1. The highest BCUT2D eigenvalue weighted by Crippen LogP contribution is 2.28. The fourth-order valence-electron chi connectivity index (χ4n) is 3.00. The molecule has 0 amide bonds. The highest BCUT2D eigenvalue weighted by atomic mass is 35.5. The molecule has 0 aliphatic carbocycles. The molecule has 8 nitrogen and oxygen atoms in total. The van der Waals surface area contributed by atoms with E-state index in [9.17, 15) is 14.7 Å². The van der Waals surface area contributed by atoms with E-state index in [1.165, 1.54) is 9.25 Å². The van der Waals surface area contributed by atoms with Gasteiger partial charge in [0.1, 0.15) is 5.75 Å². The molecule has 31 heavy (non-hydrogen) atoms. The van der Waals surface area contributed by atoms with E-state index in [0.29, 0.717) is 28.7 Å². The molecule has 9 heteroatoms. The molecule has 1 heterocycles. The molecule has 3 aromatic rings. The lowest BCUT2D eigenvalue weighted by atomic mass is 10.1. The number of hydrogen-bond donors (Lipinski definition) is 2. The number of carboxylic acids is 1. The van der Waals surface area contributed by atoms with E-state index in [4.69, 9.17) is 16.3 Å². The fraction of sp³-hybridized carbons (Fsp3) is 0.318. The Balaban J connectivity index is 2.07. The third-order valence-corrected chi connectivity index (χ3v) is 5.04. The number of aryl methyl sites for hydroxylation is 1. The van der Waals surface area contributed by atoms with Gasteiger partial charge in [-0.25, -0.2) is 14.5 Å². The van der Waals surface area contributed by atoms with Gasteiger partial charge in [-0.05, 0) is 37.6 Å². The monoisotopic (exact) mass is 444 g/mol. The van der Waals surface area contributed by atoms with Crippen LogP contribution < -0.4 is 16.0 Å². The van der Waals surface area contributed by atoms with Gasteiger partial charge in [0, 0.05) is 0 Å². The van der Waals surface area contributed by atoms with E-state index in [2.05, 4.69) is 10.1 Å². The summed E-state index contributed by atoms with van der Waals surface area (Å²) in [6.07, 6.45) is 0. The van der Waals surface area contributed by atoms with Gasteiger partial charge in [0.25, 0.3) is 0 Å². The first kappa shape index (κ1) is 22.4. The van der Waals surface area contributed by atoms with Crippen LogP contribution in [0.15, 0.2) is 52.3 Å². The van der Waals surface area contributed by atoms with E-state index in [1.54, 1.807) is 25.1 Å². The van der Waals surface area contributed by atoms with Crippen LogP contribution in [0.5, 0.6) is 5.75 Å². The zero-order valence-electron chi connectivity index (χ0n) is 17.6. The average molecular weight is 445 g/mol. The number of aromatic amines is 1. The predicted molar refractivity (Wildman–Crippen MR) is 118 cm³/mol. The van der Waals surface area contributed by atoms with E-state index in [-0.39, 0.29) is 18.8 Å². The molecular formula is C22H25ClN4O4. The Morgan fingerprint density at radius 2 is 1.97 bits per heavy atom. The van der Waals surface area contributed by atoms with Crippen molar-refractivity contribution in [1.82, 2.24) is 14.3 Å². The van der Waals surface area contributed by atoms with E-state index in [1.807, 2.05) is 38.1 Å². The largest absolute Gasteiger partial charge is 0.492 e. The Hall–Kier alpha value is -3.26. The highest BCUT2D eigenvalue weighted by molar-refractivity contribution is 6.32. The predicted octanol–water partition coefficient (Wildman–Crippen LogP) is 3.34. The summed E-state index contributed by atoms with van der Waals surface area (Å²) in [6, 6.07) is 12.9. The Kier molecular flexibility index (Phi) is 7.02. The van der Waals surface area contributed by atoms with Crippen LogP contribution in [0.3, 0.4) is 0 Å². The molecule has 0 fully saturated rings. The molecule has 0 unspecified atom stereocenters. The summed E-state index contributed by atoms with van der Waals surface area (Å²) in [5.74, 6) is -1.17. The van der Waals surface area contributed by atoms with Crippen LogP contribution in [0.4, 0.5) is 5.69 Å². The van der Waals surface area contributed by atoms with Crippen LogP contribution in [0.1, 0.15) is 25.0 Å². The second kappa shape index (κ2) is 9.70. The molecule has 2 aromatic carbocycles. The number of nitrogens with zero attached hydrogens (tertiary/aromatic N) is 3. The van der Waals surface area contributed by atoms with Gasteiger partial charge in [-0.3, -0.25) is 14.5 Å². The molecule has 164 valence electrons. The number of nitrogens with one attached hydrogen (secondary N) is 1. The van der Waals surface area contributed by atoms with Crippen LogP contribution in [0.25, 0.3) is 0 Å². The molecule has 0 radical (unpaired) electrons. The number of halogens is 1. The van der Waals surface area contributed by atoms with Crippen molar-refractivity contribution >= 4 is 23.3 Å². The van der Waals surface area contributed by atoms with Crippen LogP contribution in [0.2, 0.25) is 5.02 Å². The number of aliphatic carboxylic acids is 1. The summed E-state index contributed by atoms with van der Waals surface area (Å²) in [6.45, 7) is 6.18. The van der Waals surface area contributed by atoms with Crippen LogP contribution in [0, 0.1) is 12.8 Å². The normalized spacial score (nSPS) is 12.7. The van der Waals surface area contributed by atoms with Crippen molar-refractivity contribution in [3.05, 3.63) is 74.7 Å². The molecule has 2 N–H and O–H groups in total. The third kappa shape index (κ3) is 5.46. The molecule has 0 bridgehead atoms. The topological polar surface area (TPSA) is 102 Å². The fourth-order valence-corrected chi connectivity index (χ4v) is 3.23. The number of benzene rings is 2. The van der Waals surface area contributed by atoms with Gasteiger partial charge in [-0.2, -0.15) is 0 Å². The van der Waals surface area contributed by atoms with Gasteiger partial charge in [0.2, 0.25) is 5.62 Å². The van der Waals surface area contributed by atoms with Gasteiger partial charge in [0.05, 0.1) is 36.3 Å². The molecule has 0 saturated heterocycles. The Morgan fingerprint density at radius 1 is 1.26 bits per heavy atom. The van der Waals surface area contributed by atoms with Crippen LogP contribution in [-0.2, 0) is 17.9 Å². The summed E-state index contributed by atoms with van der Waals surface area (Å²) in [4.78, 5) is 28.8. The minimum atomic E-state index is -0.983. The quantitative estimate of drug-likeness (QED) is 0.556. The zero-order chi connectivity index (χ0) is 22.5. The number of aromatic nitrogens is 3. The summed E-state index contributed by atoms with van der Waals surface area (Å²) in [5, 5.41) is 12.6. The lowest BCUT2D eigenvalue weighted by molar-refractivity contribution is -0.141. The highest BCUT2D eigenvalue weighted by Gasteiger charge is 2.16. The van der Waals surface area contributed by atoms with Crippen molar-refractivity contribution in [2.24, 2.45) is 10.9 Å². The van der Waals surface area contributed by atoms with Gasteiger partial charge < -0.3 is 9.84 Å². The summed E-state index contributed by atoms with van der Waals surface area (Å²) >= 11 is 6.26. The molecular weight excluding hydrogens is 420 g/mol. The first-order valence-electron chi connectivity index (χ1n) is 9.93. The summed E-state index contributed by atoms with van der Waals surface area (Å²) in [5.41, 5.74) is 2.49. The van der Waals surface area contributed by atoms with E-state index < -0.39 is 11.9 Å². The first-order valence-corrected chi connectivity index (χ1v) is 10.3. The van der Waals surface area contributed by atoms with Crippen molar-refractivity contribution in [2.75, 3.05) is 6.61 Å². The third-order valence-electron chi connectivity index (χ3n) is 4.74. The number of rotatable bonds is 8. The summed E-state index contributed by atoms with van der Waals surface area (Å²) in [7, 11) is 0. The molecule has 1 atom stereocenters. The van der Waals surface area contributed by atoms with Crippen molar-refractivity contribution in [2.45, 2.75) is 33.9 Å². The zero-order valence-corrected chi connectivity index (χ0v) is 18.4. The number of ether oxygens (including phenoxy) is 1. The maximum Gasteiger partial charge on any atom is 0.345 e. The van der Waals surface area contributed by atoms with Gasteiger partial charge in [-0.1, -0.05) is 48.4 Å². The molecule has 0 spiro atoms. The molecule has 0 saturated carbocycles. The van der Waals surface area contributed by atoms with Crippen LogP contribution >= 0.6 is 11.6 Å². The minimum Gasteiger partial charge on any atom is -0.492 e. The Labute approximate surface area is 184 Å². The van der Waals surface area contributed by atoms with Crippen molar-refractivity contribution < 1.29 is 14.6 Å². The second-order valence-electron chi connectivity index (χ2n) is 7.30. The lowest BCUT2D eigenvalue weighted by Gasteiger charge is -2.05. The van der Waals surface area contributed by atoms with Gasteiger partial charge in [-0.15, -0.1) is 0 Å². The maximum absolute atomic E-state index is 13.0. The Morgan fingerprint density at radius 3 is 2.58 bits per heavy atom. The van der Waals surface area contributed by atoms with Crippen LogP contribution in [-0.4, -0.2) is 32.0 Å². The summed E-state index contributed by atoms with van der Waals surface area (Å²) < 4.78 is 8.19. The molecule has 1 aromatic heterocycles. The smallest absolute Gasteiger partial charge is 0.345 e. The minimum absolute atomic E-state index is 0.00161. The maximum atomic E-state index is 13.0. The number of carbonyl (C=O) groups is 1. The van der Waals surface area contributed by atoms with Crippen molar-refractivity contribution in [3.63, 3.8) is 0 Å². The molecule has 3 rings (SSSR count). The second-order valence-corrected chi connectivity index (χ2v) is 7.71. The van der Waals surface area contributed by atoms with Crippen molar-refractivity contribution in [1.29, 1.82) is 0 Å². The van der Waals surface area contributed by atoms with Crippen molar-refractivity contribution in [3.8, 4) is 5.75 Å². The first-order chi connectivity index (χ1) is 14.8. The SMILES string of the molecule is CCOc1ccc(/N=c2\[nH]n(C[C@H](C)C(=O)O)c(=O)n2Cc2ccc(C)cc2)cc1Cl. The van der Waals surface area contributed by atoms with E-state index >= 15 is 0 Å². The molecule has 0 aliphatic rings. The number of H-pyrrole nitrogens is 1. The lowest BCUT2D eigenvalue weighted by Crippen LogP contribution is -2.31. The van der Waals surface area contributed by atoms with Gasteiger partial charge >= 0.3 is 11.7 Å². The van der Waals surface area contributed by atoms with Gasteiger partial charge in [0.15, 0.2) is 0 Å².